The molecule has 1 unspecified atom stereocenters. The molecule has 244 valence electrons. The zero-order chi connectivity index (χ0) is 32.3. The van der Waals surface area contributed by atoms with E-state index in [1.54, 1.807) is 24.3 Å². The zero-order valence-corrected chi connectivity index (χ0v) is 26.5. The Labute approximate surface area is 270 Å². The molecule has 1 aromatic heterocycles. The van der Waals surface area contributed by atoms with Crippen molar-refractivity contribution in [3.63, 3.8) is 0 Å². The van der Waals surface area contributed by atoms with Crippen molar-refractivity contribution in [2.75, 3.05) is 25.2 Å². The highest BCUT2D eigenvalue weighted by molar-refractivity contribution is 7.23. The highest BCUT2D eigenvalue weighted by Gasteiger charge is 2.32. The van der Waals surface area contributed by atoms with Crippen molar-refractivity contribution in [3.8, 4) is 27.7 Å². The number of ether oxygens (including phenoxy) is 3. The van der Waals surface area contributed by atoms with E-state index < -0.39 is 17.3 Å². The molecule has 1 saturated carbocycles. The van der Waals surface area contributed by atoms with Crippen molar-refractivity contribution >= 4 is 33.3 Å². The van der Waals surface area contributed by atoms with Crippen LogP contribution in [0.15, 0.2) is 54.6 Å². The van der Waals surface area contributed by atoms with Gasteiger partial charge in [0.2, 0.25) is 0 Å². The van der Waals surface area contributed by atoms with Gasteiger partial charge in [-0.1, -0.05) is 6.07 Å². The van der Waals surface area contributed by atoms with Crippen molar-refractivity contribution in [2.45, 2.75) is 64.0 Å². The van der Waals surface area contributed by atoms with E-state index in [9.17, 15) is 17.6 Å². The number of benzene rings is 3. The molecule has 46 heavy (non-hydrogen) atoms. The van der Waals surface area contributed by atoms with Crippen molar-refractivity contribution in [1.82, 2.24) is 0 Å². The normalized spacial score (nSPS) is 19.9. The quantitative estimate of drug-likeness (QED) is 0.0856. The fraction of sp³-hybridized carbons (Fsp3) is 0.417. The molecule has 0 radical (unpaired) electrons. The topological polar surface area (TPSA) is 63.6 Å². The number of halogens is 4. The molecule has 6 rings (SSSR count). The Morgan fingerprint density at radius 1 is 1.04 bits per heavy atom. The molecule has 4 aromatic rings. The summed E-state index contributed by atoms with van der Waals surface area (Å²) in [6.07, 6.45) is 7.78. The lowest BCUT2D eigenvalue weighted by Gasteiger charge is -2.33. The number of alkyl halides is 3. The molecule has 2 fully saturated rings. The number of hydrogen-bond acceptors (Lipinski definition) is 6. The van der Waals surface area contributed by atoms with Crippen LogP contribution in [-0.2, 0) is 10.7 Å². The third-order valence-electron chi connectivity index (χ3n) is 8.81. The summed E-state index contributed by atoms with van der Waals surface area (Å²) < 4.78 is 75.5. The molecule has 3 aromatic carbocycles. The van der Waals surface area contributed by atoms with Crippen molar-refractivity contribution in [3.05, 3.63) is 71.5 Å². The van der Waals surface area contributed by atoms with E-state index >= 15 is 0 Å². The van der Waals surface area contributed by atoms with Crippen LogP contribution in [-0.4, -0.2) is 32.3 Å². The summed E-state index contributed by atoms with van der Waals surface area (Å²) >= 11 is 1.23. The van der Waals surface area contributed by atoms with Crippen LogP contribution in [0.4, 0.5) is 23.2 Å². The summed E-state index contributed by atoms with van der Waals surface area (Å²) in [6.45, 7) is 1.74. The molecule has 2 N–H and O–H groups in total. The fourth-order valence-electron chi connectivity index (χ4n) is 6.33. The minimum absolute atomic E-state index is 0.162. The van der Waals surface area contributed by atoms with Crippen LogP contribution in [0.5, 0.6) is 17.2 Å². The van der Waals surface area contributed by atoms with E-state index in [1.165, 1.54) is 29.7 Å². The predicted octanol–water partition coefficient (Wildman–Crippen LogP) is 10.7. The molecule has 1 saturated heterocycles. The molecule has 0 spiro atoms. The van der Waals surface area contributed by atoms with Crippen LogP contribution in [0.3, 0.4) is 0 Å². The number of hydrogen-bond donors (Lipinski definition) is 2. The zero-order valence-electron chi connectivity index (χ0n) is 25.7. The molecule has 2 heterocycles. The molecule has 5 nitrogen and oxygen atoms in total. The van der Waals surface area contributed by atoms with Crippen LogP contribution >= 0.6 is 11.3 Å². The molecule has 2 aliphatic rings. The Morgan fingerprint density at radius 2 is 1.83 bits per heavy atom. The number of nitrogens with one attached hydrogen (secondary N) is 2. The maximum Gasteiger partial charge on any atom is 0.271 e. The third-order valence-corrected chi connectivity index (χ3v) is 10.1. The van der Waals surface area contributed by atoms with E-state index in [0.717, 1.165) is 57.9 Å². The van der Waals surface area contributed by atoms with Gasteiger partial charge >= 0.3 is 0 Å². The highest BCUT2D eigenvalue weighted by Crippen LogP contribution is 2.51. The summed E-state index contributed by atoms with van der Waals surface area (Å²) in [4.78, 5) is 0.409. The van der Waals surface area contributed by atoms with Gasteiger partial charge < -0.3 is 24.9 Å². The minimum Gasteiger partial charge on any atom is -0.494 e. The first kappa shape index (κ1) is 32.3. The Bertz CT molecular complexity index is 1660. The van der Waals surface area contributed by atoms with E-state index in [4.69, 9.17) is 19.6 Å². The van der Waals surface area contributed by atoms with Crippen molar-refractivity contribution in [1.29, 1.82) is 5.41 Å². The number of rotatable bonds is 13. The van der Waals surface area contributed by atoms with Gasteiger partial charge in [0.15, 0.2) is 5.75 Å². The summed E-state index contributed by atoms with van der Waals surface area (Å²) in [5.41, 5.74) is 1.01. The molecule has 1 atom stereocenters. The van der Waals surface area contributed by atoms with Crippen LogP contribution in [0.2, 0.25) is 0 Å². The average molecular weight is 655 g/mol. The Morgan fingerprint density at radius 3 is 2.52 bits per heavy atom. The van der Waals surface area contributed by atoms with Gasteiger partial charge in [-0.3, -0.25) is 4.39 Å². The summed E-state index contributed by atoms with van der Waals surface area (Å²) in [5.74, 6) is -1.75. The number of fused-ring (bicyclic) bond motifs is 1. The Kier molecular flexibility index (Phi) is 9.84. The number of thiophene rings is 1. The molecule has 0 bridgehead atoms. The predicted molar refractivity (Wildman–Crippen MR) is 175 cm³/mol. The van der Waals surface area contributed by atoms with E-state index in [-0.39, 0.29) is 24.4 Å². The van der Waals surface area contributed by atoms with Gasteiger partial charge in [-0.25, -0.2) is 13.2 Å². The molecular formula is C36H38F4N2O3S. The van der Waals surface area contributed by atoms with Crippen LogP contribution in [0.25, 0.3) is 20.5 Å². The van der Waals surface area contributed by atoms with E-state index in [0.29, 0.717) is 62.6 Å². The van der Waals surface area contributed by atoms with Gasteiger partial charge in [-0.15, -0.1) is 11.3 Å². The molecule has 1 aliphatic carbocycles. The minimum atomic E-state index is -3.31. The molecule has 10 heteroatoms. The molecular weight excluding hydrogens is 616 g/mol. The van der Waals surface area contributed by atoms with Gasteiger partial charge in [0, 0.05) is 52.2 Å². The SMILES string of the molecule is CC(F)(F)c1cc(F)ccc1-c1sc2c(C=N)c(NC3CCCCO3)ccc2c1Oc1ccc(OCCCC2CC(CF)C2)cc1. The largest absolute Gasteiger partial charge is 0.494 e. The first-order valence-corrected chi connectivity index (χ1v) is 16.7. The van der Waals surface area contributed by atoms with Gasteiger partial charge in [0.25, 0.3) is 5.92 Å². The first-order valence-electron chi connectivity index (χ1n) is 15.9. The second-order valence-electron chi connectivity index (χ2n) is 12.3. The van der Waals surface area contributed by atoms with E-state index in [1.807, 2.05) is 12.1 Å². The van der Waals surface area contributed by atoms with Crippen molar-refractivity contribution < 1.29 is 31.8 Å². The lowest BCUT2D eigenvalue weighted by atomic mass is 9.73. The van der Waals surface area contributed by atoms with Crippen LogP contribution < -0.4 is 14.8 Å². The fourth-order valence-corrected chi connectivity index (χ4v) is 7.62. The second kappa shape index (κ2) is 14.0. The Hall–Kier alpha value is -3.63. The smallest absolute Gasteiger partial charge is 0.271 e. The number of anilines is 1. The van der Waals surface area contributed by atoms with E-state index in [2.05, 4.69) is 5.32 Å². The average Bonchev–Trinajstić information content (AvgIpc) is 3.38. The van der Waals surface area contributed by atoms with Gasteiger partial charge in [0.1, 0.15) is 23.5 Å². The maximum atomic E-state index is 14.8. The molecule has 1 aliphatic heterocycles. The standard InChI is InChI=1S/C36H38F4N2O3S/c1-36(39,40)30-19-24(38)7-12-27(30)35-33(28-13-14-31(29(21-41)34(28)46-35)42-32-6-2-3-15-44-32)45-26-10-8-25(9-11-26)43-16-4-5-22-17-23(18-22)20-37/h7-14,19,21-23,32,41-42H,2-6,15-18,20H2,1H3. The monoisotopic (exact) mass is 654 g/mol. The lowest BCUT2D eigenvalue weighted by Crippen LogP contribution is -2.27. The van der Waals surface area contributed by atoms with Crippen molar-refractivity contribution in [2.24, 2.45) is 11.8 Å². The third kappa shape index (κ3) is 7.18. The van der Waals surface area contributed by atoms with Crippen LogP contribution in [0.1, 0.15) is 63.0 Å². The second-order valence-corrected chi connectivity index (χ2v) is 13.3. The summed E-state index contributed by atoms with van der Waals surface area (Å²) in [7, 11) is 0. The van der Waals surface area contributed by atoms with Gasteiger partial charge in [-0.05, 0) is 105 Å². The van der Waals surface area contributed by atoms with Gasteiger partial charge in [-0.2, -0.15) is 0 Å². The maximum absolute atomic E-state index is 14.8. The summed E-state index contributed by atoms with van der Waals surface area (Å²) in [6, 6.07) is 14.2. The highest BCUT2D eigenvalue weighted by atomic mass is 32.1. The molecule has 0 amide bonds. The van der Waals surface area contributed by atoms with Gasteiger partial charge in [0.05, 0.1) is 18.2 Å². The lowest BCUT2D eigenvalue weighted by molar-refractivity contribution is 0.0178. The Balaban J connectivity index is 1.30. The first-order chi connectivity index (χ1) is 22.2. The van der Waals surface area contributed by atoms with Crippen LogP contribution in [0, 0.1) is 23.1 Å². The summed E-state index contributed by atoms with van der Waals surface area (Å²) in [5, 5.41) is 12.3.